The number of rotatable bonds is 3. The second-order valence-corrected chi connectivity index (χ2v) is 4.40. The van der Waals surface area contributed by atoms with Crippen LogP contribution in [-0.4, -0.2) is 29.1 Å². The maximum Gasteiger partial charge on any atom is 0.418 e. The third-order valence-electron chi connectivity index (χ3n) is 3.07. The van der Waals surface area contributed by atoms with Gasteiger partial charge in [-0.2, -0.15) is 13.2 Å². The van der Waals surface area contributed by atoms with Crippen molar-refractivity contribution in [2.24, 2.45) is 5.92 Å². The van der Waals surface area contributed by atoms with Gasteiger partial charge in [0.1, 0.15) is 0 Å². The molecular formula is C11H9F3N2O4. The van der Waals surface area contributed by atoms with E-state index in [-0.39, 0.29) is 18.8 Å². The quantitative estimate of drug-likeness (QED) is 0.681. The first-order valence-electron chi connectivity index (χ1n) is 5.53. The van der Waals surface area contributed by atoms with Crippen molar-refractivity contribution < 1.29 is 28.0 Å². The van der Waals surface area contributed by atoms with E-state index in [9.17, 15) is 28.1 Å². The molecule has 0 bridgehead atoms. The highest BCUT2D eigenvalue weighted by Crippen LogP contribution is 2.40. The lowest BCUT2D eigenvalue weighted by molar-refractivity contribution is -0.385. The topological polar surface area (TPSA) is 83.7 Å². The third-order valence-corrected chi connectivity index (χ3v) is 3.07. The summed E-state index contributed by atoms with van der Waals surface area (Å²) in [6.07, 6.45) is -4.74. The second-order valence-electron chi connectivity index (χ2n) is 4.40. The van der Waals surface area contributed by atoms with Crippen LogP contribution in [0.5, 0.6) is 0 Å². The Morgan fingerprint density at radius 2 is 2.00 bits per heavy atom. The zero-order valence-corrected chi connectivity index (χ0v) is 9.92. The molecule has 0 radical (unpaired) electrons. The van der Waals surface area contributed by atoms with Crippen molar-refractivity contribution in [2.75, 3.05) is 18.0 Å². The molecule has 1 saturated heterocycles. The Bertz CT molecular complexity index is 567. The number of nitro benzene ring substituents is 1. The van der Waals surface area contributed by atoms with Crippen molar-refractivity contribution in [3.63, 3.8) is 0 Å². The number of carbonyl (C=O) groups is 1. The molecule has 0 unspecified atom stereocenters. The zero-order chi connectivity index (χ0) is 15.1. The van der Waals surface area contributed by atoms with Gasteiger partial charge in [-0.25, -0.2) is 0 Å². The van der Waals surface area contributed by atoms with Crippen LogP contribution in [0.15, 0.2) is 18.2 Å². The number of alkyl halides is 3. The molecule has 1 aliphatic heterocycles. The first kappa shape index (κ1) is 14.1. The van der Waals surface area contributed by atoms with Crippen molar-refractivity contribution in [1.82, 2.24) is 0 Å². The minimum atomic E-state index is -4.74. The summed E-state index contributed by atoms with van der Waals surface area (Å²) in [5, 5.41) is 19.2. The number of hydrogen-bond donors (Lipinski definition) is 1. The summed E-state index contributed by atoms with van der Waals surface area (Å²) >= 11 is 0. The van der Waals surface area contributed by atoms with Gasteiger partial charge in [0.05, 0.1) is 16.4 Å². The molecule has 20 heavy (non-hydrogen) atoms. The van der Waals surface area contributed by atoms with Gasteiger partial charge in [-0.1, -0.05) is 0 Å². The molecule has 9 heteroatoms. The third kappa shape index (κ3) is 2.51. The normalized spacial score (nSPS) is 15.8. The van der Waals surface area contributed by atoms with E-state index in [2.05, 4.69) is 0 Å². The van der Waals surface area contributed by atoms with Crippen LogP contribution >= 0.6 is 0 Å². The molecule has 108 valence electrons. The smallest absolute Gasteiger partial charge is 0.418 e. The molecule has 2 rings (SSSR count). The van der Waals surface area contributed by atoms with Crippen molar-refractivity contribution in [3.8, 4) is 0 Å². The SMILES string of the molecule is O=C(O)C1CN(c2ccc([N+](=O)[O-])cc2C(F)(F)F)C1. The van der Waals surface area contributed by atoms with E-state index in [0.717, 1.165) is 12.1 Å². The molecule has 1 aromatic rings. The molecule has 1 N–H and O–H groups in total. The fourth-order valence-electron chi connectivity index (χ4n) is 1.97. The zero-order valence-electron chi connectivity index (χ0n) is 9.92. The maximum absolute atomic E-state index is 12.9. The van der Waals surface area contributed by atoms with E-state index in [4.69, 9.17) is 5.11 Å². The molecule has 0 spiro atoms. The number of halogens is 3. The van der Waals surface area contributed by atoms with Gasteiger partial charge in [-0.3, -0.25) is 14.9 Å². The van der Waals surface area contributed by atoms with Gasteiger partial charge in [0, 0.05) is 30.9 Å². The number of anilines is 1. The fraction of sp³-hybridized carbons (Fsp3) is 0.364. The van der Waals surface area contributed by atoms with Gasteiger partial charge in [0.15, 0.2) is 0 Å². The molecule has 0 atom stereocenters. The number of nitrogens with zero attached hydrogens (tertiary/aromatic N) is 2. The highest BCUT2D eigenvalue weighted by Gasteiger charge is 2.40. The van der Waals surface area contributed by atoms with Crippen LogP contribution in [0.3, 0.4) is 0 Å². The summed E-state index contributed by atoms with van der Waals surface area (Å²) in [6, 6.07) is 2.43. The summed E-state index contributed by atoms with van der Waals surface area (Å²) in [6.45, 7) is -0.0908. The summed E-state index contributed by atoms with van der Waals surface area (Å²) in [5.41, 5.74) is -2.02. The largest absolute Gasteiger partial charge is 0.481 e. The van der Waals surface area contributed by atoms with Crippen molar-refractivity contribution >= 4 is 17.3 Å². The Morgan fingerprint density at radius 3 is 2.45 bits per heavy atom. The van der Waals surface area contributed by atoms with Crippen LogP contribution in [0, 0.1) is 16.0 Å². The van der Waals surface area contributed by atoms with Gasteiger partial charge in [-0.05, 0) is 6.07 Å². The van der Waals surface area contributed by atoms with Crippen molar-refractivity contribution in [2.45, 2.75) is 6.18 Å². The summed E-state index contributed by atoms with van der Waals surface area (Å²) in [7, 11) is 0. The summed E-state index contributed by atoms with van der Waals surface area (Å²) in [5.74, 6) is -1.79. The number of carboxylic acids is 1. The van der Waals surface area contributed by atoms with E-state index in [0.29, 0.717) is 6.07 Å². The Balaban J connectivity index is 2.34. The van der Waals surface area contributed by atoms with E-state index in [1.165, 1.54) is 4.90 Å². The number of aliphatic carboxylic acids is 1. The second kappa shape index (κ2) is 4.66. The molecule has 6 nitrogen and oxygen atoms in total. The van der Waals surface area contributed by atoms with Crippen LogP contribution in [0.1, 0.15) is 5.56 Å². The molecule has 1 aliphatic rings. The minimum Gasteiger partial charge on any atom is -0.481 e. The Morgan fingerprint density at radius 1 is 1.40 bits per heavy atom. The monoisotopic (exact) mass is 290 g/mol. The van der Waals surface area contributed by atoms with Crippen LogP contribution in [0.4, 0.5) is 24.5 Å². The molecule has 0 saturated carbocycles. The van der Waals surface area contributed by atoms with Crippen LogP contribution in [-0.2, 0) is 11.0 Å². The minimum absolute atomic E-state index is 0.0454. The summed E-state index contributed by atoms with van der Waals surface area (Å²) in [4.78, 5) is 21.5. The lowest BCUT2D eigenvalue weighted by Crippen LogP contribution is -2.51. The van der Waals surface area contributed by atoms with Crippen LogP contribution in [0.25, 0.3) is 0 Å². The van der Waals surface area contributed by atoms with Crippen LogP contribution in [0.2, 0.25) is 0 Å². The van der Waals surface area contributed by atoms with E-state index in [1.54, 1.807) is 0 Å². The van der Waals surface area contributed by atoms with E-state index >= 15 is 0 Å². The lowest BCUT2D eigenvalue weighted by Gasteiger charge is -2.39. The number of carboxylic acid groups (broad SMARTS) is 1. The highest BCUT2D eigenvalue weighted by atomic mass is 19.4. The number of hydrogen-bond acceptors (Lipinski definition) is 4. The van der Waals surface area contributed by atoms with Gasteiger partial charge in [0.2, 0.25) is 0 Å². The molecule has 0 aliphatic carbocycles. The van der Waals surface area contributed by atoms with E-state index < -0.39 is 34.2 Å². The molecule has 0 amide bonds. The summed E-state index contributed by atoms with van der Waals surface area (Å²) < 4.78 is 38.7. The van der Waals surface area contributed by atoms with E-state index in [1.807, 2.05) is 0 Å². The lowest BCUT2D eigenvalue weighted by atomic mass is 9.97. The van der Waals surface area contributed by atoms with Gasteiger partial charge >= 0.3 is 12.1 Å². The Hall–Kier alpha value is -2.32. The predicted octanol–water partition coefficient (Wildman–Crippen LogP) is 2.13. The average Bonchev–Trinajstić information content (AvgIpc) is 2.25. The molecular weight excluding hydrogens is 281 g/mol. The number of benzene rings is 1. The fourth-order valence-corrected chi connectivity index (χ4v) is 1.97. The standard InChI is InChI=1S/C11H9F3N2O4/c12-11(13,14)8-3-7(16(19)20)1-2-9(8)15-4-6(5-15)10(17)18/h1-3,6H,4-5H2,(H,17,18). The van der Waals surface area contributed by atoms with Gasteiger partial charge in [-0.15, -0.1) is 0 Å². The molecule has 1 aromatic carbocycles. The molecule has 1 heterocycles. The van der Waals surface area contributed by atoms with Crippen molar-refractivity contribution in [3.05, 3.63) is 33.9 Å². The Kier molecular flexibility index (Phi) is 3.28. The number of nitro groups is 1. The van der Waals surface area contributed by atoms with Crippen molar-refractivity contribution in [1.29, 1.82) is 0 Å². The number of non-ortho nitro benzene ring substituents is 1. The average molecular weight is 290 g/mol. The first-order valence-corrected chi connectivity index (χ1v) is 5.53. The first-order chi connectivity index (χ1) is 9.20. The molecule has 0 aromatic heterocycles. The molecule has 1 fully saturated rings. The predicted molar refractivity (Wildman–Crippen MR) is 61.4 cm³/mol. The van der Waals surface area contributed by atoms with Crippen LogP contribution < -0.4 is 4.90 Å². The van der Waals surface area contributed by atoms with Gasteiger partial charge in [0.25, 0.3) is 5.69 Å². The van der Waals surface area contributed by atoms with Gasteiger partial charge < -0.3 is 10.0 Å². The maximum atomic E-state index is 12.9. The Labute approximate surface area is 110 Å². The highest BCUT2D eigenvalue weighted by molar-refractivity contribution is 5.75.